The van der Waals surface area contributed by atoms with E-state index in [0.717, 1.165) is 16.6 Å². The lowest BCUT2D eigenvalue weighted by atomic mass is 10.3. The predicted octanol–water partition coefficient (Wildman–Crippen LogP) is 2.53. The Bertz CT molecular complexity index is 598. The van der Waals surface area contributed by atoms with Crippen LogP contribution in [0.2, 0.25) is 0 Å². The monoisotopic (exact) mass is 292 g/mol. The number of imidazole rings is 1. The molecule has 106 valence electrons. The summed E-state index contributed by atoms with van der Waals surface area (Å²) in [5.74, 6) is 0.503. The van der Waals surface area contributed by atoms with Crippen molar-refractivity contribution in [2.45, 2.75) is 17.3 Å². The number of benzene rings is 1. The fourth-order valence-corrected chi connectivity index (χ4v) is 2.62. The van der Waals surface area contributed by atoms with E-state index in [1.54, 1.807) is 20.2 Å². The van der Waals surface area contributed by atoms with Crippen molar-refractivity contribution in [3.05, 3.63) is 36.7 Å². The van der Waals surface area contributed by atoms with Crippen LogP contribution in [0.1, 0.15) is 6.92 Å². The first-order valence-electron chi connectivity index (χ1n) is 6.08. The smallest absolute Gasteiger partial charge is 0.318 e. The summed E-state index contributed by atoms with van der Waals surface area (Å²) in [6, 6.07) is 7.66. The molecule has 0 radical (unpaired) electrons. The maximum Gasteiger partial charge on any atom is 0.318 e. The number of thioether (sulfide) groups is 1. The summed E-state index contributed by atoms with van der Waals surface area (Å²) in [6.07, 6.45) is 3.55. The fourth-order valence-electron chi connectivity index (χ4n) is 1.71. The van der Waals surface area contributed by atoms with E-state index >= 15 is 0 Å². The highest BCUT2D eigenvalue weighted by atomic mass is 32.2. The lowest BCUT2D eigenvalue weighted by Gasteiger charge is -2.11. The average Bonchev–Trinajstić information content (AvgIpc) is 2.94. The van der Waals surface area contributed by atoms with Crippen LogP contribution in [0.3, 0.4) is 0 Å². The van der Waals surface area contributed by atoms with Crippen molar-refractivity contribution in [2.24, 2.45) is 0 Å². The molecule has 0 N–H and O–H groups in total. The molecular formula is C14H16N2O3S. The van der Waals surface area contributed by atoms with Gasteiger partial charge >= 0.3 is 5.97 Å². The molecular weight excluding hydrogens is 276 g/mol. The minimum absolute atomic E-state index is 0.268. The van der Waals surface area contributed by atoms with Gasteiger partial charge in [-0.1, -0.05) is 17.8 Å². The molecule has 1 heterocycles. The summed E-state index contributed by atoms with van der Waals surface area (Å²) in [6.45, 7) is 1.79. The van der Waals surface area contributed by atoms with E-state index in [4.69, 9.17) is 9.47 Å². The van der Waals surface area contributed by atoms with Gasteiger partial charge < -0.3 is 9.47 Å². The Hall–Kier alpha value is -1.95. The molecule has 1 aromatic carbocycles. The summed E-state index contributed by atoms with van der Waals surface area (Å²) < 4.78 is 11.9. The van der Waals surface area contributed by atoms with Crippen LogP contribution in [0.15, 0.2) is 41.8 Å². The van der Waals surface area contributed by atoms with E-state index in [2.05, 4.69) is 4.98 Å². The van der Waals surface area contributed by atoms with Crippen LogP contribution in [0.5, 0.6) is 5.75 Å². The predicted molar refractivity (Wildman–Crippen MR) is 77.5 cm³/mol. The topological polar surface area (TPSA) is 53.3 Å². The molecule has 5 nitrogen and oxygen atoms in total. The van der Waals surface area contributed by atoms with Gasteiger partial charge in [-0.15, -0.1) is 0 Å². The maximum absolute atomic E-state index is 11.5. The minimum atomic E-state index is -0.313. The number of aromatic nitrogens is 2. The Kier molecular flexibility index (Phi) is 4.68. The zero-order valence-corrected chi connectivity index (χ0v) is 12.4. The summed E-state index contributed by atoms with van der Waals surface area (Å²) in [5.41, 5.74) is 0.932. The number of methoxy groups -OCH3 is 2. The molecule has 2 rings (SSSR count). The lowest BCUT2D eigenvalue weighted by molar-refractivity contribution is -0.139. The Morgan fingerprint density at radius 1 is 1.40 bits per heavy atom. The minimum Gasteiger partial charge on any atom is -0.497 e. The van der Waals surface area contributed by atoms with Gasteiger partial charge in [0.1, 0.15) is 11.0 Å². The second-order valence-corrected chi connectivity index (χ2v) is 5.37. The summed E-state index contributed by atoms with van der Waals surface area (Å²) in [5, 5.41) is 0.419. The third-order valence-electron chi connectivity index (χ3n) is 2.75. The van der Waals surface area contributed by atoms with E-state index in [1.807, 2.05) is 35.0 Å². The van der Waals surface area contributed by atoms with Gasteiger partial charge in [0.25, 0.3) is 0 Å². The molecule has 0 saturated heterocycles. The Labute approximate surface area is 121 Å². The Balaban J connectivity index is 2.26. The van der Waals surface area contributed by atoms with Gasteiger partial charge in [-0.2, -0.15) is 0 Å². The van der Waals surface area contributed by atoms with Crippen molar-refractivity contribution in [1.29, 1.82) is 0 Å². The number of rotatable bonds is 5. The van der Waals surface area contributed by atoms with Crippen LogP contribution in [-0.4, -0.2) is 35.0 Å². The van der Waals surface area contributed by atoms with Gasteiger partial charge in [-0.25, -0.2) is 4.98 Å². The zero-order valence-electron chi connectivity index (χ0n) is 11.6. The van der Waals surface area contributed by atoms with E-state index < -0.39 is 0 Å². The number of esters is 1. The average molecular weight is 292 g/mol. The molecule has 0 fully saturated rings. The van der Waals surface area contributed by atoms with Crippen molar-refractivity contribution >= 4 is 17.7 Å². The molecule has 0 bridgehead atoms. The number of ether oxygens (including phenoxy) is 2. The molecule has 0 aliphatic carbocycles. The number of carbonyl (C=O) groups excluding carboxylic acids is 1. The van der Waals surface area contributed by atoms with Crippen LogP contribution in [-0.2, 0) is 9.53 Å². The van der Waals surface area contributed by atoms with Crippen LogP contribution < -0.4 is 4.74 Å². The van der Waals surface area contributed by atoms with Crippen LogP contribution in [0.4, 0.5) is 0 Å². The van der Waals surface area contributed by atoms with Gasteiger partial charge in [-0.05, 0) is 19.1 Å². The molecule has 0 aliphatic rings. The number of hydrogen-bond acceptors (Lipinski definition) is 5. The third-order valence-corrected chi connectivity index (χ3v) is 3.81. The summed E-state index contributed by atoms with van der Waals surface area (Å²) in [4.78, 5) is 15.8. The van der Waals surface area contributed by atoms with Crippen molar-refractivity contribution in [2.75, 3.05) is 14.2 Å². The Morgan fingerprint density at radius 2 is 2.20 bits per heavy atom. The number of nitrogens with zero attached hydrogens (tertiary/aromatic N) is 2. The molecule has 6 heteroatoms. The highest BCUT2D eigenvalue weighted by Gasteiger charge is 2.18. The number of carbonyl (C=O) groups is 1. The molecule has 0 aliphatic heterocycles. The maximum atomic E-state index is 11.5. The normalized spacial score (nSPS) is 11.9. The summed E-state index contributed by atoms with van der Waals surface area (Å²) >= 11 is 1.35. The van der Waals surface area contributed by atoms with E-state index in [-0.39, 0.29) is 11.2 Å². The molecule has 20 heavy (non-hydrogen) atoms. The van der Waals surface area contributed by atoms with Gasteiger partial charge in [0, 0.05) is 18.5 Å². The molecule has 0 spiro atoms. The molecule has 1 unspecified atom stereocenters. The Morgan fingerprint density at radius 3 is 2.90 bits per heavy atom. The lowest BCUT2D eigenvalue weighted by Crippen LogP contribution is -2.15. The summed E-state index contributed by atoms with van der Waals surface area (Å²) in [7, 11) is 3.01. The highest BCUT2D eigenvalue weighted by molar-refractivity contribution is 8.00. The molecule has 1 aromatic heterocycles. The standard InChI is InChI=1S/C14H16N2O3S/c1-10(13(17)19-3)20-14-15-7-8-16(14)11-5-4-6-12(9-11)18-2/h4-10H,1-3H3. The van der Waals surface area contributed by atoms with Gasteiger partial charge in [0.05, 0.1) is 19.9 Å². The first kappa shape index (κ1) is 14.5. The molecule has 1 atom stereocenters. The molecule has 2 aromatic rings. The third kappa shape index (κ3) is 3.14. The van der Waals surface area contributed by atoms with Gasteiger partial charge in [0.2, 0.25) is 0 Å². The molecule has 0 amide bonds. The van der Waals surface area contributed by atoms with Crippen molar-refractivity contribution in [1.82, 2.24) is 9.55 Å². The number of hydrogen-bond donors (Lipinski definition) is 0. The zero-order chi connectivity index (χ0) is 14.5. The largest absolute Gasteiger partial charge is 0.497 e. The highest BCUT2D eigenvalue weighted by Crippen LogP contribution is 2.26. The van der Waals surface area contributed by atoms with Crippen LogP contribution in [0.25, 0.3) is 5.69 Å². The SMILES string of the molecule is COC(=O)C(C)Sc1nccn1-c1cccc(OC)c1. The van der Waals surface area contributed by atoms with Crippen molar-refractivity contribution in [3.8, 4) is 11.4 Å². The van der Waals surface area contributed by atoms with Crippen molar-refractivity contribution in [3.63, 3.8) is 0 Å². The van der Waals surface area contributed by atoms with Crippen molar-refractivity contribution < 1.29 is 14.3 Å². The fraction of sp³-hybridized carbons (Fsp3) is 0.286. The van der Waals surface area contributed by atoms with Crippen LogP contribution in [0, 0.1) is 0 Å². The first-order chi connectivity index (χ1) is 9.65. The van der Waals surface area contributed by atoms with E-state index in [1.165, 1.54) is 18.9 Å². The van der Waals surface area contributed by atoms with Gasteiger partial charge in [-0.3, -0.25) is 9.36 Å². The second kappa shape index (κ2) is 6.47. The molecule has 0 saturated carbocycles. The van der Waals surface area contributed by atoms with E-state index in [0.29, 0.717) is 0 Å². The quantitative estimate of drug-likeness (QED) is 0.626. The van der Waals surface area contributed by atoms with Crippen LogP contribution >= 0.6 is 11.8 Å². The van der Waals surface area contributed by atoms with E-state index in [9.17, 15) is 4.79 Å². The second-order valence-electron chi connectivity index (χ2n) is 4.06. The van der Waals surface area contributed by atoms with Gasteiger partial charge in [0.15, 0.2) is 5.16 Å². The first-order valence-corrected chi connectivity index (χ1v) is 6.96.